The Kier molecular flexibility index (Phi) is 2.72. The molecule has 2 aliphatic rings. The van der Waals surface area contributed by atoms with E-state index in [4.69, 9.17) is 16.0 Å². The van der Waals surface area contributed by atoms with E-state index in [2.05, 4.69) is 11.4 Å². The normalized spacial score (nSPS) is 28.7. The van der Waals surface area contributed by atoms with Crippen molar-refractivity contribution in [1.82, 2.24) is 5.32 Å². The second-order valence-corrected chi connectivity index (χ2v) is 5.53. The van der Waals surface area contributed by atoms with Gasteiger partial charge in [-0.2, -0.15) is 0 Å². The molecule has 0 amide bonds. The van der Waals surface area contributed by atoms with Crippen LogP contribution in [-0.4, -0.2) is 13.1 Å². The first-order chi connectivity index (χ1) is 7.81. The number of hydrogen-bond donors (Lipinski definition) is 1. The zero-order valence-electron chi connectivity index (χ0n) is 9.47. The maximum Gasteiger partial charge on any atom is 0.193 e. The molecule has 2 fully saturated rings. The van der Waals surface area contributed by atoms with E-state index in [1.165, 1.54) is 32.1 Å². The molecule has 0 radical (unpaired) electrons. The molecule has 0 bridgehead atoms. The Hall–Kier alpha value is -0.470. The number of hydrogen-bond acceptors (Lipinski definition) is 2. The fraction of sp³-hybridized carbons (Fsp3) is 0.692. The van der Waals surface area contributed by atoms with Crippen LogP contribution in [0.25, 0.3) is 0 Å². The molecule has 16 heavy (non-hydrogen) atoms. The Morgan fingerprint density at radius 3 is 2.69 bits per heavy atom. The lowest BCUT2D eigenvalue weighted by Gasteiger charge is -2.33. The average Bonchev–Trinajstić information content (AvgIpc) is 2.98. The highest BCUT2D eigenvalue weighted by atomic mass is 35.5. The van der Waals surface area contributed by atoms with E-state index >= 15 is 0 Å². The quantitative estimate of drug-likeness (QED) is 0.856. The summed E-state index contributed by atoms with van der Waals surface area (Å²) in [6.07, 6.45) is 6.47. The summed E-state index contributed by atoms with van der Waals surface area (Å²) >= 11 is 5.93. The van der Waals surface area contributed by atoms with Crippen molar-refractivity contribution in [3.05, 3.63) is 23.1 Å². The molecule has 1 aliphatic heterocycles. The molecule has 2 heterocycles. The lowest BCUT2D eigenvalue weighted by Crippen LogP contribution is -2.33. The van der Waals surface area contributed by atoms with Crippen molar-refractivity contribution in [3.63, 3.8) is 0 Å². The predicted molar refractivity (Wildman–Crippen MR) is 64.8 cm³/mol. The minimum absolute atomic E-state index is 0.274. The second-order valence-electron chi connectivity index (χ2n) is 5.16. The summed E-state index contributed by atoms with van der Waals surface area (Å²) in [6.45, 7) is 2.29. The van der Waals surface area contributed by atoms with Crippen LogP contribution in [0.2, 0.25) is 5.22 Å². The molecule has 1 N–H and O–H groups in total. The summed E-state index contributed by atoms with van der Waals surface area (Å²) in [7, 11) is 0. The molecule has 1 saturated carbocycles. The Morgan fingerprint density at radius 1 is 1.31 bits per heavy atom. The summed E-state index contributed by atoms with van der Waals surface area (Å²) in [5.74, 6) is 1.86. The van der Waals surface area contributed by atoms with Gasteiger partial charge in [0.2, 0.25) is 0 Å². The monoisotopic (exact) mass is 239 g/mol. The zero-order valence-corrected chi connectivity index (χ0v) is 10.2. The summed E-state index contributed by atoms with van der Waals surface area (Å²) in [6, 6.07) is 3.98. The van der Waals surface area contributed by atoms with Crippen LogP contribution in [0.1, 0.15) is 37.9 Å². The topological polar surface area (TPSA) is 25.2 Å². The van der Waals surface area contributed by atoms with E-state index in [-0.39, 0.29) is 5.41 Å². The minimum atomic E-state index is 0.274. The van der Waals surface area contributed by atoms with E-state index in [1.54, 1.807) is 0 Å². The minimum Gasteiger partial charge on any atom is -0.449 e. The third-order valence-corrected chi connectivity index (χ3v) is 4.60. The summed E-state index contributed by atoms with van der Waals surface area (Å²) in [5.41, 5.74) is 0.274. The lowest BCUT2D eigenvalue weighted by molar-refractivity contribution is 0.240. The average molecular weight is 240 g/mol. The largest absolute Gasteiger partial charge is 0.449 e. The van der Waals surface area contributed by atoms with E-state index < -0.39 is 0 Å². The lowest BCUT2D eigenvalue weighted by atomic mass is 9.71. The van der Waals surface area contributed by atoms with Gasteiger partial charge < -0.3 is 9.73 Å². The van der Waals surface area contributed by atoms with Gasteiger partial charge in [-0.25, -0.2) is 0 Å². The van der Waals surface area contributed by atoms with Gasteiger partial charge in [0.1, 0.15) is 5.76 Å². The van der Waals surface area contributed by atoms with Crippen molar-refractivity contribution < 1.29 is 4.42 Å². The van der Waals surface area contributed by atoms with Crippen molar-refractivity contribution in [2.75, 3.05) is 13.1 Å². The number of halogens is 1. The molecular weight excluding hydrogens is 222 g/mol. The molecular formula is C13H18ClNO. The number of nitrogens with one attached hydrogen (secondary N) is 1. The van der Waals surface area contributed by atoms with Crippen LogP contribution in [0.3, 0.4) is 0 Å². The molecule has 1 aromatic rings. The van der Waals surface area contributed by atoms with Crippen LogP contribution in [0.15, 0.2) is 16.5 Å². The Bertz CT molecular complexity index is 362. The van der Waals surface area contributed by atoms with Gasteiger partial charge in [0.25, 0.3) is 0 Å². The first-order valence-corrected chi connectivity index (χ1v) is 6.66. The first-order valence-electron chi connectivity index (χ1n) is 6.28. The van der Waals surface area contributed by atoms with Crippen LogP contribution in [-0.2, 0) is 5.41 Å². The van der Waals surface area contributed by atoms with E-state index in [9.17, 15) is 0 Å². The molecule has 1 aromatic heterocycles. The highest BCUT2D eigenvalue weighted by molar-refractivity contribution is 6.28. The van der Waals surface area contributed by atoms with Crippen LogP contribution in [0.5, 0.6) is 0 Å². The van der Waals surface area contributed by atoms with Gasteiger partial charge in [-0.1, -0.05) is 12.8 Å². The predicted octanol–water partition coefficient (Wildman–Crippen LogP) is 3.35. The van der Waals surface area contributed by atoms with Crippen molar-refractivity contribution in [2.24, 2.45) is 5.92 Å². The maximum absolute atomic E-state index is 5.93. The van der Waals surface area contributed by atoms with Crippen LogP contribution in [0, 0.1) is 5.92 Å². The summed E-state index contributed by atoms with van der Waals surface area (Å²) in [4.78, 5) is 0. The number of furan rings is 1. The Balaban J connectivity index is 1.95. The van der Waals surface area contributed by atoms with Crippen LogP contribution in [0.4, 0.5) is 0 Å². The van der Waals surface area contributed by atoms with Gasteiger partial charge in [-0.15, -0.1) is 0 Å². The van der Waals surface area contributed by atoms with Gasteiger partial charge in [0.15, 0.2) is 5.22 Å². The number of rotatable bonds is 2. The molecule has 1 atom stereocenters. The zero-order chi connectivity index (χ0) is 11.0. The summed E-state index contributed by atoms with van der Waals surface area (Å²) < 4.78 is 5.72. The van der Waals surface area contributed by atoms with Gasteiger partial charge in [0.05, 0.1) is 0 Å². The molecule has 0 spiro atoms. The van der Waals surface area contributed by atoms with E-state index in [0.29, 0.717) is 5.22 Å². The van der Waals surface area contributed by atoms with Crippen molar-refractivity contribution in [1.29, 1.82) is 0 Å². The molecule has 3 rings (SSSR count). The standard InChI is InChI=1S/C13H18ClNO/c14-12-4-3-11(16-12)13(6-1-2-7-13)10-5-8-15-9-10/h3-4,10,15H,1-2,5-9H2. The molecule has 1 unspecified atom stereocenters. The molecule has 0 aromatic carbocycles. The molecule has 88 valence electrons. The smallest absolute Gasteiger partial charge is 0.193 e. The van der Waals surface area contributed by atoms with Crippen molar-refractivity contribution in [3.8, 4) is 0 Å². The van der Waals surface area contributed by atoms with Crippen molar-refractivity contribution in [2.45, 2.75) is 37.5 Å². The third kappa shape index (κ3) is 1.59. The molecule has 3 heteroatoms. The van der Waals surface area contributed by atoms with Gasteiger partial charge in [-0.05, 0) is 62.0 Å². The third-order valence-electron chi connectivity index (χ3n) is 4.40. The van der Waals surface area contributed by atoms with Gasteiger partial charge >= 0.3 is 0 Å². The van der Waals surface area contributed by atoms with E-state index in [1.807, 2.05) is 6.07 Å². The fourth-order valence-corrected chi connectivity index (χ4v) is 3.72. The maximum atomic E-state index is 5.93. The van der Waals surface area contributed by atoms with Gasteiger partial charge in [0, 0.05) is 5.41 Å². The molecule has 2 nitrogen and oxygen atoms in total. The highest BCUT2D eigenvalue weighted by Gasteiger charge is 2.45. The van der Waals surface area contributed by atoms with Crippen LogP contribution >= 0.6 is 11.6 Å². The van der Waals surface area contributed by atoms with Crippen molar-refractivity contribution >= 4 is 11.6 Å². The first kappa shape index (κ1) is 10.7. The Morgan fingerprint density at radius 2 is 2.12 bits per heavy atom. The SMILES string of the molecule is Clc1ccc(C2(C3CCNC3)CCCC2)o1. The summed E-state index contributed by atoms with van der Waals surface area (Å²) in [5, 5.41) is 4.01. The van der Waals surface area contributed by atoms with E-state index in [0.717, 1.165) is 24.8 Å². The molecule has 1 saturated heterocycles. The second kappa shape index (κ2) is 4.08. The van der Waals surface area contributed by atoms with Crippen LogP contribution < -0.4 is 5.32 Å². The Labute approximate surface area is 101 Å². The highest BCUT2D eigenvalue weighted by Crippen LogP contribution is 2.49. The fourth-order valence-electron chi connectivity index (χ4n) is 3.57. The molecule has 1 aliphatic carbocycles. The van der Waals surface area contributed by atoms with Gasteiger partial charge in [-0.3, -0.25) is 0 Å².